The van der Waals surface area contributed by atoms with E-state index in [4.69, 9.17) is 23.8 Å². The molecule has 0 amide bonds. The van der Waals surface area contributed by atoms with Gasteiger partial charge in [0, 0.05) is 18.0 Å². The fourth-order valence-electron chi connectivity index (χ4n) is 1.48. The summed E-state index contributed by atoms with van der Waals surface area (Å²) in [6.45, 7) is 1.74. The molecule has 0 saturated heterocycles. The first-order chi connectivity index (χ1) is 7.50. The van der Waals surface area contributed by atoms with Crippen molar-refractivity contribution in [2.24, 2.45) is 0 Å². The molecule has 2 nitrogen and oxygen atoms in total. The highest BCUT2D eigenvalue weighted by Gasteiger charge is 2.14. The summed E-state index contributed by atoms with van der Waals surface area (Å²) in [5.41, 5.74) is 0.754. The van der Waals surface area contributed by atoms with E-state index in [2.05, 4.69) is 4.98 Å². The summed E-state index contributed by atoms with van der Waals surface area (Å²) in [5.74, 6) is -1.46. The first-order valence-electron chi connectivity index (χ1n) is 4.42. The number of benzene rings is 1. The summed E-state index contributed by atoms with van der Waals surface area (Å²) in [6.07, 6.45) is 1.63. The van der Waals surface area contributed by atoms with Gasteiger partial charge in [0.15, 0.2) is 10.6 Å². The van der Waals surface area contributed by atoms with E-state index in [0.717, 1.165) is 12.1 Å². The Bertz CT molecular complexity index is 580. The Labute approximate surface area is 100 Å². The van der Waals surface area contributed by atoms with Crippen molar-refractivity contribution in [3.8, 4) is 5.69 Å². The molecule has 84 valence electrons. The van der Waals surface area contributed by atoms with Crippen LogP contribution in [0.5, 0.6) is 0 Å². The van der Waals surface area contributed by atoms with Crippen LogP contribution in [0, 0.1) is 23.3 Å². The van der Waals surface area contributed by atoms with Crippen molar-refractivity contribution in [1.29, 1.82) is 0 Å². The molecular formula is C10H7ClF2N2S. The second-order valence-corrected chi connectivity index (χ2v) is 4.08. The molecule has 0 fully saturated rings. The monoisotopic (exact) mass is 260 g/mol. The number of H-pyrrole nitrogens is 1. The van der Waals surface area contributed by atoms with E-state index >= 15 is 0 Å². The quantitative estimate of drug-likeness (QED) is 0.774. The molecule has 2 rings (SSSR count). The normalized spacial score (nSPS) is 10.8. The van der Waals surface area contributed by atoms with Gasteiger partial charge in [-0.05, 0) is 25.2 Å². The van der Waals surface area contributed by atoms with Crippen LogP contribution in [0.25, 0.3) is 5.69 Å². The molecule has 2 aromatic rings. The lowest BCUT2D eigenvalue weighted by atomic mass is 10.3. The molecule has 0 bridgehead atoms. The smallest absolute Gasteiger partial charge is 0.182 e. The third-order valence-corrected chi connectivity index (χ3v) is 2.75. The van der Waals surface area contributed by atoms with Crippen LogP contribution >= 0.6 is 23.8 Å². The van der Waals surface area contributed by atoms with Gasteiger partial charge in [-0.3, -0.25) is 4.57 Å². The lowest BCUT2D eigenvalue weighted by Gasteiger charge is -2.09. The van der Waals surface area contributed by atoms with Gasteiger partial charge in [-0.1, -0.05) is 11.6 Å². The minimum Gasteiger partial charge on any atom is -0.337 e. The molecule has 0 unspecified atom stereocenters. The molecule has 1 aromatic carbocycles. The second kappa shape index (κ2) is 3.99. The first kappa shape index (κ1) is 11.3. The van der Waals surface area contributed by atoms with Gasteiger partial charge in [0.1, 0.15) is 11.5 Å². The molecule has 1 aromatic heterocycles. The fraction of sp³-hybridized carbons (Fsp3) is 0.100. The van der Waals surface area contributed by atoms with E-state index < -0.39 is 11.6 Å². The summed E-state index contributed by atoms with van der Waals surface area (Å²) in [4.78, 5) is 2.76. The van der Waals surface area contributed by atoms with E-state index in [-0.39, 0.29) is 10.7 Å². The summed E-state index contributed by atoms with van der Waals surface area (Å²) in [7, 11) is 0. The van der Waals surface area contributed by atoms with Gasteiger partial charge in [0.25, 0.3) is 0 Å². The maximum atomic E-state index is 13.6. The summed E-state index contributed by atoms with van der Waals surface area (Å²) >= 11 is 10.8. The van der Waals surface area contributed by atoms with Crippen LogP contribution in [0.4, 0.5) is 8.78 Å². The highest BCUT2D eigenvalue weighted by Crippen LogP contribution is 2.26. The van der Waals surface area contributed by atoms with E-state index in [1.54, 1.807) is 13.1 Å². The minimum absolute atomic E-state index is 0.0173. The van der Waals surface area contributed by atoms with E-state index in [0.29, 0.717) is 10.5 Å². The predicted molar refractivity (Wildman–Crippen MR) is 60.6 cm³/mol. The third-order valence-electron chi connectivity index (χ3n) is 2.17. The number of nitrogens with one attached hydrogen (secondary N) is 1. The lowest BCUT2D eigenvalue weighted by Crippen LogP contribution is -2.01. The molecule has 16 heavy (non-hydrogen) atoms. The van der Waals surface area contributed by atoms with Gasteiger partial charge in [0.05, 0.1) is 5.02 Å². The Morgan fingerprint density at radius 3 is 2.56 bits per heavy atom. The van der Waals surface area contributed by atoms with E-state index in [1.165, 1.54) is 4.57 Å². The number of aromatic nitrogens is 2. The molecule has 1 heterocycles. The van der Waals surface area contributed by atoms with Gasteiger partial charge in [-0.2, -0.15) is 0 Å². The van der Waals surface area contributed by atoms with Crippen LogP contribution in [-0.4, -0.2) is 9.55 Å². The Hall–Kier alpha value is -1.20. The molecule has 0 aliphatic rings. The number of aromatic amines is 1. The maximum absolute atomic E-state index is 13.6. The van der Waals surface area contributed by atoms with Crippen LogP contribution in [0.1, 0.15) is 5.69 Å². The first-order valence-corrected chi connectivity index (χ1v) is 5.21. The second-order valence-electron chi connectivity index (χ2n) is 3.29. The van der Waals surface area contributed by atoms with Crippen LogP contribution < -0.4 is 0 Å². The molecule has 0 aliphatic heterocycles. The SMILES string of the molecule is Cc1c[nH]c(=S)n1-c1c(F)cc(F)cc1Cl. The zero-order chi connectivity index (χ0) is 11.9. The van der Waals surface area contributed by atoms with Gasteiger partial charge < -0.3 is 4.98 Å². The zero-order valence-electron chi connectivity index (χ0n) is 8.22. The largest absolute Gasteiger partial charge is 0.337 e. The van der Waals surface area contributed by atoms with Gasteiger partial charge in [-0.15, -0.1) is 0 Å². The molecule has 0 radical (unpaired) electrons. The highest BCUT2D eigenvalue weighted by atomic mass is 35.5. The van der Waals surface area contributed by atoms with Crippen molar-refractivity contribution in [2.45, 2.75) is 6.92 Å². The number of nitrogens with zero attached hydrogens (tertiary/aromatic N) is 1. The Morgan fingerprint density at radius 2 is 2.06 bits per heavy atom. The molecule has 6 heteroatoms. The van der Waals surface area contributed by atoms with Crippen molar-refractivity contribution in [3.63, 3.8) is 0 Å². The summed E-state index contributed by atoms with van der Waals surface area (Å²) in [6, 6.07) is 1.82. The topological polar surface area (TPSA) is 20.7 Å². The lowest BCUT2D eigenvalue weighted by molar-refractivity contribution is 0.577. The van der Waals surface area contributed by atoms with E-state index in [9.17, 15) is 8.78 Å². The molecule has 0 atom stereocenters. The average Bonchev–Trinajstić information content (AvgIpc) is 2.47. The van der Waals surface area contributed by atoms with Crippen LogP contribution in [0.15, 0.2) is 18.3 Å². The van der Waals surface area contributed by atoms with Gasteiger partial charge in [-0.25, -0.2) is 8.78 Å². The standard InChI is InChI=1S/C10H7ClF2N2S/c1-5-4-14-10(16)15(5)9-7(11)2-6(12)3-8(9)13/h2-4H,1H3,(H,14,16). The Balaban J connectivity index is 2.79. The van der Waals surface area contributed by atoms with Gasteiger partial charge in [0.2, 0.25) is 0 Å². The van der Waals surface area contributed by atoms with Crippen molar-refractivity contribution in [3.05, 3.63) is 45.5 Å². The highest BCUT2D eigenvalue weighted by molar-refractivity contribution is 7.71. The van der Waals surface area contributed by atoms with Crippen molar-refractivity contribution in [1.82, 2.24) is 9.55 Å². The molecule has 1 N–H and O–H groups in total. The molecule has 0 aliphatic carbocycles. The number of rotatable bonds is 1. The average molecular weight is 261 g/mol. The minimum atomic E-state index is -0.746. The summed E-state index contributed by atoms with van der Waals surface area (Å²) < 4.78 is 28.2. The predicted octanol–water partition coefficient (Wildman–Crippen LogP) is 3.77. The molecular weight excluding hydrogens is 254 g/mol. The number of hydrogen-bond acceptors (Lipinski definition) is 1. The van der Waals surface area contributed by atoms with Crippen LogP contribution in [0.3, 0.4) is 0 Å². The molecule has 0 saturated carbocycles. The summed E-state index contributed by atoms with van der Waals surface area (Å²) in [5, 5.41) is -0.0173. The number of halogens is 3. The fourth-order valence-corrected chi connectivity index (χ4v) is 2.05. The zero-order valence-corrected chi connectivity index (χ0v) is 9.79. The Kier molecular flexibility index (Phi) is 2.82. The third kappa shape index (κ3) is 1.76. The van der Waals surface area contributed by atoms with Crippen LogP contribution in [-0.2, 0) is 0 Å². The van der Waals surface area contributed by atoms with Crippen molar-refractivity contribution < 1.29 is 8.78 Å². The number of hydrogen-bond donors (Lipinski definition) is 1. The maximum Gasteiger partial charge on any atom is 0.182 e. The van der Waals surface area contributed by atoms with E-state index in [1.807, 2.05) is 0 Å². The number of aryl methyl sites for hydroxylation is 1. The van der Waals surface area contributed by atoms with Crippen LogP contribution in [0.2, 0.25) is 5.02 Å². The number of imidazole rings is 1. The Morgan fingerprint density at radius 1 is 1.38 bits per heavy atom. The van der Waals surface area contributed by atoms with Crippen molar-refractivity contribution >= 4 is 23.8 Å². The molecule has 0 spiro atoms. The van der Waals surface area contributed by atoms with Gasteiger partial charge >= 0.3 is 0 Å². The van der Waals surface area contributed by atoms with Crippen molar-refractivity contribution in [2.75, 3.05) is 0 Å².